The number of ether oxygens (including phenoxy) is 1. The van der Waals surface area contributed by atoms with Gasteiger partial charge in [-0.2, -0.15) is 0 Å². The van der Waals surface area contributed by atoms with Crippen LogP contribution in [0, 0.1) is 0 Å². The predicted octanol–water partition coefficient (Wildman–Crippen LogP) is -0.182. The first-order valence-corrected chi connectivity index (χ1v) is 4.17. The van der Waals surface area contributed by atoms with Crippen LogP contribution in [-0.2, 0) is 4.74 Å². The van der Waals surface area contributed by atoms with Crippen LogP contribution in [0.2, 0.25) is 0 Å². The number of guanidine groups is 1. The number of rotatable bonds is 0. The van der Waals surface area contributed by atoms with E-state index in [0.717, 1.165) is 5.12 Å². The van der Waals surface area contributed by atoms with Crippen molar-refractivity contribution in [2.45, 2.75) is 26.4 Å². The lowest BCUT2D eigenvalue weighted by Crippen LogP contribution is -2.46. The first-order chi connectivity index (χ1) is 6.29. The van der Waals surface area contributed by atoms with Gasteiger partial charge in [0.2, 0.25) is 5.96 Å². The molecule has 0 unspecified atom stereocenters. The first kappa shape index (κ1) is 10.6. The quantitative estimate of drug-likeness (QED) is 0.568. The predicted molar refractivity (Wildman–Crippen MR) is 50.6 cm³/mol. The third kappa shape index (κ3) is 2.49. The van der Waals surface area contributed by atoms with E-state index < -0.39 is 11.7 Å². The van der Waals surface area contributed by atoms with E-state index in [9.17, 15) is 4.79 Å². The molecular weight excluding hydrogens is 186 g/mol. The van der Waals surface area contributed by atoms with Crippen molar-refractivity contribution in [2.75, 3.05) is 7.05 Å². The summed E-state index contributed by atoms with van der Waals surface area (Å²) in [7, 11) is 1.60. The van der Waals surface area contributed by atoms with E-state index in [1.807, 2.05) is 0 Å². The van der Waals surface area contributed by atoms with Crippen LogP contribution in [0.3, 0.4) is 0 Å². The molecule has 3 N–H and O–H groups in total. The maximum atomic E-state index is 11.5. The Balaban J connectivity index is 2.62. The van der Waals surface area contributed by atoms with Gasteiger partial charge in [0.25, 0.3) is 0 Å². The molecule has 0 fully saturated rings. The maximum absolute atomic E-state index is 11.5. The molecule has 7 heteroatoms. The second kappa shape index (κ2) is 3.33. The fraction of sp³-hybridized carbons (Fsp3) is 0.714. The molecule has 0 atom stereocenters. The maximum Gasteiger partial charge on any atom is 0.448 e. The molecule has 1 rings (SSSR count). The van der Waals surface area contributed by atoms with Crippen molar-refractivity contribution in [1.82, 2.24) is 15.7 Å². The molecule has 7 nitrogen and oxygen atoms in total. The van der Waals surface area contributed by atoms with Crippen LogP contribution in [0.5, 0.6) is 0 Å². The molecule has 1 aliphatic rings. The van der Waals surface area contributed by atoms with Gasteiger partial charge in [-0.25, -0.2) is 4.79 Å². The van der Waals surface area contributed by atoms with Crippen molar-refractivity contribution in [2.24, 2.45) is 10.8 Å². The molecule has 0 aromatic carbocycles. The number of nitrogens with zero attached hydrogens (tertiary/aromatic N) is 3. The highest BCUT2D eigenvalue weighted by Crippen LogP contribution is 2.11. The van der Waals surface area contributed by atoms with Gasteiger partial charge in [0.05, 0.1) is 0 Å². The minimum Gasteiger partial charge on any atom is -0.441 e. The highest BCUT2D eigenvalue weighted by molar-refractivity contribution is 5.81. The summed E-state index contributed by atoms with van der Waals surface area (Å²) in [4.78, 5) is 11.5. The molecule has 1 heterocycles. The van der Waals surface area contributed by atoms with Crippen molar-refractivity contribution >= 4 is 12.1 Å². The zero-order chi connectivity index (χ0) is 10.9. The van der Waals surface area contributed by atoms with E-state index in [0.29, 0.717) is 0 Å². The van der Waals surface area contributed by atoms with Crippen LogP contribution in [0.25, 0.3) is 0 Å². The Morgan fingerprint density at radius 3 is 2.50 bits per heavy atom. The van der Waals surface area contributed by atoms with Gasteiger partial charge in [0.1, 0.15) is 5.60 Å². The van der Waals surface area contributed by atoms with Crippen LogP contribution >= 0.6 is 0 Å². The Hall–Kier alpha value is -1.50. The van der Waals surface area contributed by atoms with Crippen LogP contribution < -0.4 is 11.2 Å². The lowest BCUT2D eigenvalue weighted by Gasteiger charge is -2.24. The number of carbonyl (C=O) groups is 1. The van der Waals surface area contributed by atoms with Gasteiger partial charge < -0.3 is 10.5 Å². The highest BCUT2D eigenvalue weighted by atomic mass is 16.6. The topological polar surface area (TPSA) is 83.2 Å². The monoisotopic (exact) mass is 201 g/mol. The molecule has 0 aliphatic carbocycles. The van der Waals surface area contributed by atoms with Gasteiger partial charge in [0.15, 0.2) is 0 Å². The Kier molecular flexibility index (Phi) is 2.52. The van der Waals surface area contributed by atoms with Gasteiger partial charge in [-0.05, 0) is 20.8 Å². The molecule has 0 bridgehead atoms. The van der Waals surface area contributed by atoms with Crippen LogP contribution in [0.15, 0.2) is 5.10 Å². The van der Waals surface area contributed by atoms with E-state index in [2.05, 4.69) is 10.5 Å². The molecule has 0 saturated carbocycles. The summed E-state index contributed by atoms with van der Waals surface area (Å²) < 4.78 is 5.08. The fourth-order valence-corrected chi connectivity index (χ4v) is 0.871. The molecular formula is C7H15N5O2. The summed E-state index contributed by atoms with van der Waals surface area (Å²) >= 11 is 0. The third-order valence-electron chi connectivity index (χ3n) is 1.32. The van der Waals surface area contributed by atoms with Gasteiger partial charge in [-0.1, -0.05) is 0 Å². The number of hydrazine groups is 2. The summed E-state index contributed by atoms with van der Waals surface area (Å²) in [5.74, 6) is 0.151. The summed E-state index contributed by atoms with van der Waals surface area (Å²) in [5, 5.41) is 6.07. The fourth-order valence-electron chi connectivity index (χ4n) is 0.871. The number of hydrogen-bond donors (Lipinski definition) is 2. The van der Waals surface area contributed by atoms with Crippen molar-refractivity contribution in [3.8, 4) is 0 Å². The first-order valence-electron chi connectivity index (χ1n) is 4.17. The van der Waals surface area contributed by atoms with Gasteiger partial charge in [0, 0.05) is 7.05 Å². The Labute approximate surface area is 82.4 Å². The SMILES string of the molecule is CN1NC(N)=NN1C(=O)OC(C)(C)C. The highest BCUT2D eigenvalue weighted by Gasteiger charge is 2.29. The Morgan fingerprint density at radius 1 is 1.57 bits per heavy atom. The molecule has 1 aliphatic heterocycles. The average molecular weight is 201 g/mol. The van der Waals surface area contributed by atoms with E-state index in [1.165, 1.54) is 5.12 Å². The van der Waals surface area contributed by atoms with E-state index in [4.69, 9.17) is 10.5 Å². The summed E-state index contributed by atoms with van der Waals surface area (Å²) in [5.41, 5.74) is 7.43. The minimum atomic E-state index is -0.576. The molecule has 14 heavy (non-hydrogen) atoms. The summed E-state index contributed by atoms with van der Waals surface area (Å²) in [6.45, 7) is 5.34. The number of carbonyl (C=O) groups excluding carboxylic acids is 1. The van der Waals surface area contributed by atoms with Gasteiger partial charge >= 0.3 is 6.09 Å². The molecule has 0 aromatic heterocycles. The molecule has 0 radical (unpaired) electrons. The van der Waals surface area contributed by atoms with Crippen molar-refractivity contribution in [3.05, 3.63) is 0 Å². The van der Waals surface area contributed by atoms with Gasteiger partial charge in [-0.15, -0.1) is 15.3 Å². The standard InChI is InChI=1S/C7H15N5O2/c1-7(2,3)14-6(13)12-10-5(8)9-11(12)4/h1-4H3,(H3,8,9,10). The molecule has 0 aromatic rings. The summed E-state index contributed by atoms with van der Waals surface area (Å²) in [6.07, 6.45) is -0.576. The minimum absolute atomic E-state index is 0.151. The smallest absolute Gasteiger partial charge is 0.441 e. The largest absolute Gasteiger partial charge is 0.448 e. The molecule has 1 amide bonds. The van der Waals surface area contributed by atoms with Crippen LogP contribution in [0.1, 0.15) is 20.8 Å². The van der Waals surface area contributed by atoms with Gasteiger partial charge in [-0.3, -0.25) is 5.43 Å². The lowest BCUT2D eigenvalue weighted by atomic mass is 10.2. The third-order valence-corrected chi connectivity index (χ3v) is 1.32. The van der Waals surface area contributed by atoms with Crippen molar-refractivity contribution < 1.29 is 9.53 Å². The van der Waals surface area contributed by atoms with Crippen molar-refractivity contribution in [1.29, 1.82) is 0 Å². The van der Waals surface area contributed by atoms with Crippen LogP contribution in [-0.4, -0.2) is 34.9 Å². The second-order valence-corrected chi connectivity index (χ2v) is 3.89. The van der Waals surface area contributed by atoms with E-state index >= 15 is 0 Å². The number of nitrogens with one attached hydrogen (secondary N) is 1. The molecule has 80 valence electrons. The number of nitrogens with two attached hydrogens (primary N) is 1. The van der Waals surface area contributed by atoms with E-state index in [1.54, 1.807) is 27.8 Å². The number of hydrogen-bond acceptors (Lipinski definition) is 6. The normalized spacial score (nSPS) is 17.7. The number of amides is 1. The van der Waals surface area contributed by atoms with Crippen LogP contribution in [0.4, 0.5) is 4.79 Å². The lowest BCUT2D eigenvalue weighted by molar-refractivity contribution is -0.0388. The molecule has 0 spiro atoms. The zero-order valence-corrected chi connectivity index (χ0v) is 8.74. The molecule has 0 saturated heterocycles. The average Bonchev–Trinajstić information content (AvgIpc) is 2.26. The number of hydrazone groups is 1. The summed E-state index contributed by atoms with van der Waals surface area (Å²) in [6, 6.07) is 0. The second-order valence-electron chi connectivity index (χ2n) is 3.89. The Morgan fingerprint density at radius 2 is 2.14 bits per heavy atom. The van der Waals surface area contributed by atoms with E-state index in [-0.39, 0.29) is 5.96 Å². The zero-order valence-electron chi connectivity index (χ0n) is 8.74. The Bertz CT molecular complexity index is 270. The van der Waals surface area contributed by atoms with Crippen molar-refractivity contribution in [3.63, 3.8) is 0 Å².